The van der Waals surface area contributed by atoms with Gasteiger partial charge in [0, 0.05) is 11.0 Å². The molecule has 0 radical (unpaired) electrons. The van der Waals surface area contributed by atoms with Gasteiger partial charge in [0.1, 0.15) is 23.1 Å². The molecule has 0 bridgehead atoms. The summed E-state index contributed by atoms with van der Waals surface area (Å²) in [5.41, 5.74) is 0.540. The van der Waals surface area contributed by atoms with E-state index in [4.69, 9.17) is 14.2 Å². The SMILES string of the molecule is CSc1cccc(Oc2ccc3c(c2)OCO3)c1C#N. The van der Waals surface area contributed by atoms with E-state index in [0.717, 1.165) is 4.90 Å². The Morgan fingerprint density at radius 2 is 2.05 bits per heavy atom. The number of thioether (sulfide) groups is 1. The molecule has 4 nitrogen and oxygen atoms in total. The highest BCUT2D eigenvalue weighted by molar-refractivity contribution is 7.98. The molecular formula is C15H11NO3S. The van der Waals surface area contributed by atoms with Crippen LogP contribution in [0.4, 0.5) is 0 Å². The fourth-order valence-electron chi connectivity index (χ4n) is 1.94. The summed E-state index contributed by atoms with van der Waals surface area (Å²) in [6.45, 7) is 0.226. The molecule has 0 saturated carbocycles. The summed E-state index contributed by atoms with van der Waals surface area (Å²) >= 11 is 1.52. The molecule has 0 saturated heterocycles. The van der Waals surface area contributed by atoms with Crippen LogP contribution in [-0.2, 0) is 0 Å². The van der Waals surface area contributed by atoms with Gasteiger partial charge in [-0.1, -0.05) is 6.07 Å². The van der Waals surface area contributed by atoms with Gasteiger partial charge in [0.05, 0.1) is 0 Å². The Balaban J connectivity index is 1.94. The topological polar surface area (TPSA) is 51.5 Å². The predicted octanol–water partition coefficient (Wildman–Crippen LogP) is 3.80. The van der Waals surface area contributed by atoms with Gasteiger partial charge in [-0.25, -0.2) is 0 Å². The first-order chi connectivity index (χ1) is 9.81. The van der Waals surface area contributed by atoms with Crippen LogP contribution in [0.15, 0.2) is 41.3 Å². The van der Waals surface area contributed by atoms with Crippen molar-refractivity contribution >= 4 is 11.8 Å². The van der Waals surface area contributed by atoms with Gasteiger partial charge in [0.2, 0.25) is 6.79 Å². The second-order valence-corrected chi connectivity index (χ2v) is 4.91. The van der Waals surface area contributed by atoms with Crippen LogP contribution < -0.4 is 14.2 Å². The summed E-state index contributed by atoms with van der Waals surface area (Å²) in [6.07, 6.45) is 1.93. The Kier molecular flexibility index (Phi) is 3.40. The lowest BCUT2D eigenvalue weighted by Gasteiger charge is -2.10. The lowest BCUT2D eigenvalue weighted by atomic mass is 10.2. The lowest BCUT2D eigenvalue weighted by Crippen LogP contribution is -1.93. The number of hydrogen-bond acceptors (Lipinski definition) is 5. The molecule has 0 N–H and O–H groups in total. The minimum atomic E-state index is 0.226. The van der Waals surface area contributed by atoms with Crippen LogP contribution >= 0.6 is 11.8 Å². The second kappa shape index (κ2) is 5.35. The van der Waals surface area contributed by atoms with Gasteiger partial charge < -0.3 is 14.2 Å². The van der Waals surface area contributed by atoms with Gasteiger partial charge in [0.15, 0.2) is 11.5 Å². The molecule has 1 aliphatic heterocycles. The predicted molar refractivity (Wildman–Crippen MR) is 75.6 cm³/mol. The molecule has 1 heterocycles. The summed E-state index contributed by atoms with van der Waals surface area (Å²) in [6, 6.07) is 13.1. The Labute approximate surface area is 120 Å². The van der Waals surface area contributed by atoms with E-state index in [1.165, 1.54) is 11.8 Å². The maximum atomic E-state index is 9.28. The van der Waals surface area contributed by atoms with Crippen molar-refractivity contribution in [2.45, 2.75) is 4.90 Å². The van der Waals surface area contributed by atoms with E-state index in [0.29, 0.717) is 28.6 Å². The molecule has 100 valence electrons. The monoisotopic (exact) mass is 285 g/mol. The third kappa shape index (κ3) is 2.26. The number of hydrogen-bond donors (Lipinski definition) is 0. The third-order valence-electron chi connectivity index (χ3n) is 2.89. The maximum Gasteiger partial charge on any atom is 0.231 e. The van der Waals surface area contributed by atoms with E-state index in [2.05, 4.69) is 6.07 Å². The molecule has 20 heavy (non-hydrogen) atoms. The minimum absolute atomic E-state index is 0.226. The zero-order valence-electron chi connectivity index (χ0n) is 10.8. The van der Waals surface area contributed by atoms with E-state index in [-0.39, 0.29) is 6.79 Å². The molecular weight excluding hydrogens is 274 g/mol. The number of rotatable bonds is 3. The quantitative estimate of drug-likeness (QED) is 0.803. The van der Waals surface area contributed by atoms with Crippen LogP contribution in [-0.4, -0.2) is 13.0 Å². The highest BCUT2D eigenvalue weighted by Crippen LogP contribution is 2.38. The smallest absolute Gasteiger partial charge is 0.231 e. The molecule has 3 rings (SSSR count). The van der Waals surface area contributed by atoms with Gasteiger partial charge in [-0.05, 0) is 30.5 Å². The van der Waals surface area contributed by atoms with Gasteiger partial charge in [-0.2, -0.15) is 5.26 Å². The first-order valence-corrected chi connectivity index (χ1v) is 7.19. The van der Waals surface area contributed by atoms with Crippen molar-refractivity contribution in [2.24, 2.45) is 0 Å². The zero-order valence-corrected chi connectivity index (χ0v) is 11.6. The van der Waals surface area contributed by atoms with E-state index in [1.54, 1.807) is 24.3 Å². The van der Waals surface area contributed by atoms with Crippen LogP contribution in [0.2, 0.25) is 0 Å². The van der Waals surface area contributed by atoms with Crippen molar-refractivity contribution in [3.8, 4) is 29.1 Å². The van der Waals surface area contributed by atoms with Gasteiger partial charge >= 0.3 is 0 Å². The second-order valence-electron chi connectivity index (χ2n) is 4.06. The van der Waals surface area contributed by atoms with Crippen LogP contribution in [0.3, 0.4) is 0 Å². The largest absolute Gasteiger partial charge is 0.456 e. The Morgan fingerprint density at radius 3 is 2.85 bits per heavy atom. The normalized spacial score (nSPS) is 12.0. The number of ether oxygens (including phenoxy) is 3. The van der Waals surface area contributed by atoms with Crippen LogP contribution in [0, 0.1) is 11.3 Å². The molecule has 0 spiro atoms. The summed E-state index contributed by atoms with van der Waals surface area (Å²) < 4.78 is 16.4. The number of benzene rings is 2. The summed E-state index contributed by atoms with van der Waals surface area (Å²) in [4.78, 5) is 0.894. The van der Waals surface area contributed by atoms with Crippen molar-refractivity contribution in [2.75, 3.05) is 13.0 Å². The van der Waals surface area contributed by atoms with E-state index < -0.39 is 0 Å². The van der Waals surface area contributed by atoms with Crippen molar-refractivity contribution in [1.29, 1.82) is 5.26 Å². The Morgan fingerprint density at radius 1 is 1.20 bits per heavy atom. The molecule has 0 fully saturated rings. The van der Waals surface area contributed by atoms with Crippen molar-refractivity contribution in [3.63, 3.8) is 0 Å². The van der Waals surface area contributed by atoms with Crippen LogP contribution in [0.1, 0.15) is 5.56 Å². The molecule has 5 heteroatoms. The molecule has 0 aliphatic carbocycles. The maximum absolute atomic E-state index is 9.28. The number of nitriles is 1. The summed E-state index contributed by atoms with van der Waals surface area (Å²) in [5.74, 6) is 2.51. The Bertz CT molecular complexity index is 694. The van der Waals surface area contributed by atoms with Crippen molar-refractivity contribution in [3.05, 3.63) is 42.0 Å². The highest BCUT2D eigenvalue weighted by Gasteiger charge is 2.15. The summed E-state index contributed by atoms with van der Waals surface area (Å²) in [7, 11) is 0. The molecule has 0 aromatic heterocycles. The first kappa shape index (κ1) is 12.7. The summed E-state index contributed by atoms with van der Waals surface area (Å²) in [5, 5.41) is 9.28. The minimum Gasteiger partial charge on any atom is -0.456 e. The zero-order chi connectivity index (χ0) is 13.9. The first-order valence-electron chi connectivity index (χ1n) is 5.96. The molecule has 2 aromatic rings. The average molecular weight is 285 g/mol. The Hall–Kier alpha value is -2.32. The van der Waals surface area contributed by atoms with Gasteiger partial charge in [-0.3, -0.25) is 0 Å². The van der Waals surface area contributed by atoms with Crippen LogP contribution in [0.25, 0.3) is 0 Å². The van der Waals surface area contributed by atoms with Gasteiger partial charge in [-0.15, -0.1) is 11.8 Å². The fraction of sp³-hybridized carbons (Fsp3) is 0.133. The number of fused-ring (bicyclic) bond motifs is 1. The fourth-order valence-corrected chi connectivity index (χ4v) is 2.51. The van der Waals surface area contributed by atoms with E-state index in [1.807, 2.05) is 18.4 Å². The van der Waals surface area contributed by atoms with Crippen molar-refractivity contribution in [1.82, 2.24) is 0 Å². The third-order valence-corrected chi connectivity index (χ3v) is 3.67. The molecule has 2 aromatic carbocycles. The van der Waals surface area contributed by atoms with Crippen molar-refractivity contribution < 1.29 is 14.2 Å². The van der Waals surface area contributed by atoms with E-state index >= 15 is 0 Å². The lowest BCUT2D eigenvalue weighted by molar-refractivity contribution is 0.174. The standard InChI is InChI=1S/C15H11NO3S/c1-20-15-4-2-3-12(11(15)8-16)19-10-5-6-13-14(7-10)18-9-17-13/h2-7H,9H2,1H3. The molecule has 0 unspecified atom stereocenters. The van der Waals surface area contributed by atoms with Gasteiger partial charge in [0.25, 0.3) is 0 Å². The molecule has 0 amide bonds. The highest BCUT2D eigenvalue weighted by atomic mass is 32.2. The number of nitrogens with zero attached hydrogens (tertiary/aromatic N) is 1. The van der Waals surface area contributed by atoms with E-state index in [9.17, 15) is 5.26 Å². The average Bonchev–Trinajstić information content (AvgIpc) is 2.94. The molecule has 0 atom stereocenters. The van der Waals surface area contributed by atoms with Crippen LogP contribution in [0.5, 0.6) is 23.0 Å². The molecule has 1 aliphatic rings.